The molecular formula is C32H30N2O6S. The molecule has 8 nitrogen and oxygen atoms in total. The minimum absolute atomic E-state index is 0.200. The lowest BCUT2D eigenvalue weighted by Gasteiger charge is -2.25. The van der Waals surface area contributed by atoms with E-state index in [0.29, 0.717) is 50.0 Å². The summed E-state index contributed by atoms with van der Waals surface area (Å²) in [5.41, 5.74) is 2.99. The van der Waals surface area contributed by atoms with Gasteiger partial charge in [0.1, 0.15) is 18.4 Å². The molecule has 3 aromatic carbocycles. The van der Waals surface area contributed by atoms with Gasteiger partial charge in [-0.2, -0.15) is 0 Å². The number of fused-ring (bicyclic) bond motifs is 1. The number of carbonyl (C=O) groups excluding carboxylic acids is 1. The van der Waals surface area contributed by atoms with Crippen LogP contribution in [0.25, 0.3) is 6.08 Å². The number of rotatable bonds is 9. The van der Waals surface area contributed by atoms with Crippen molar-refractivity contribution in [2.24, 2.45) is 4.99 Å². The highest BCUT2D eigenvalue weighted by molar-refractivity contribution is 7.07. The number of hydrogen-bond donors (Lipinski definition) is 0. The standard InChI is InChI=1S/C32H30N2O6S/c1-5-39-31(36)28-20(2)33-32-34(29(28)23-13-9-10-14-24(23)37-3)30(35)27(41-32)18-22-15-16-25(26(17-22)38-4)40-19-21-11-7-6-8-12-21/h6-18,29H,5,19H2,1-4H3/b27-18-. The fraction of sp³-hybridized carbons (Fsp3) is 0.219. The Balaban J connectivity index is 1.58. The Kier molecular flexibility index (Phi) is 8.35. The van der Waals surface area contributed by atoms with Gasteiger partial charge in [0.05, 0.1) is 36.6 Å². The van der Waals surface area contributed by atoms with Gasteiger partial charge < -0.3 is 18.9 Å². The van der Waals surface area contributed by atoms with Crippen molar-refractivity contribution in [1.82, 2.24) is 4.57 Å². The molecule has 1 aliphatic rings. The molecule has 0 radical (unpaired) electrons. The van der Waals surface area contributed by atoms with Crippen molar-refractivity contribution in [3.63, 3.8) is 0 Å². The topological polar surface area (TPSA) is 88.4 Å². The zero-order chi connectivity index (χ0) is 28.9. The Morgan fingerprint density at radius 1 is 0.976 bits per heavy atom. The molecule has 1 aliphatic heterocycles. The number of methoxy groups -OCH3 is 2. The molecule has 1 unspecified atom stereocenters. The van der Waals surface area contributed by atoms with E-state index in [1.54, 1.807) is 44.8 Å². The molecule has 5 rings (SSSR count). The Labute approximate surface area is 241 Å². The molecule has 1 atom stereocenters. The van der Waals surface area contributed by atoms with Crippen LogP contribution in [0.2, 0.25) is 0 Å². The summed E-state index contributed by atoms with van der Waals surface area (Å²) in [5.74, 6) is 1.19. The van der Waals surface area contributed by atoms with Crippen LogP contribution < -0.4 is 29.1 Å². The number of esters is 1. The SMILES string of the molecule is CCOC(=O)C1=C(C)N=c2s/c(=C\c3ccc(OCc4ccccc4)c(OC)c3)c(=O)n2C1c1ccccc1OC. The number of para-hydroxylation sites is 1. The van der Waals surface area contributed by atoms with Crippen LogP contribution in [0.5, 0.6) is 17.2 Å². The minimum Gasteiger partial charge on any atom is -0.496 e. The van der Waals surface area contributed by atoms with E-state index in [2.05, 4.69) is 4.99 Å². The number of allylic oxidation sites excluding steroid dienone is 1. The van der Waals surface area contributed by atoms with Gasteiger partial charge in [0.25, 0.3) is 5.56 Å². The quantitative estimate of drug-likeness (QED) is 0.277. The molecule has 9 heteroatoms. The monoisotopic (exact) mass is 570 g/mol. The van der Waals surface area contributed by atoms with Gasteiger partial charge in [-0.1, -0.05) is 65.9 Å². The van der Waals surface area contributed by atoms with E-state index in [4.69, 9.17) is 18.9 Å². The van der Waals surface area contributed by atoms with Gasteiger partial charge in [0.2, 0.25) is 0 Å². The normalized spacial score (nSPS) is 14.7. The maximum atomic E-state index is 13.9. The Morgan fingerprint density at radius 3 is 2.44 bits per heavy atom. The van der Waals surface area contributed by atoms with Crippen LogP contribution in [-0.2, 0) is 16.1 Å². The predicted octanol–water partition coefficient (Wildman–Crippen LogP) is 4.39. The fourth-order valence-electron chi connectivity index (χ4n) is 4.76. The highest BCUT2D eigenvalue weighted by Crippen LogP contribution is 2.35. The maximum absolute atomic E-state index is 13.9. The Morgan fingerprint density at radius 2 is 1.71 bits per heavy atom. The lowest BCUT2D eigenvalue weighted by Crippen LogP contribution is -2.40. The van der Waals surface area contributed by atoms with Crippen LogP contribution >= 0.6 is 11.3 Å². The zero-order valence-electron chi connectivity index (χ0n) is 23.2. The summed E-state index contributed by atoms with van der Waals surface area (Å²) < 4.78 is 24.6. The molecule has 41 heavy (non-hydrogen) atoms. The number of aromatic nitrogens is 1. The third-order valence-electron chi connectivity index (χ3n) is 6.67. The summed E-state index contributed by atoms with van der Waals surface area (Å²) in [6, 6.07) is 22.0. The van der Waals surface area contributed by atoms with Crippen LogP contribution in [0.1, 0.15) is 36.6 Å². The van der Waals surface area contributed by atoms with E-state index in [1.165, 1.54) is 11.3 Å². The molecule has 0 aliphatic carbocycles. The van der Waals surface area contributed by atoms with Gasteiger partial charge in [-0.25, -0.2) is 9.79 Å². The van der Waals surface area contributed by atoms with Gasteiger partial charge in [-0.15, -0.1) is 0 Å². The second-order valence-corrected chi connectivity index (χ2v) is 10.2. The van der Waals surface area contributed by atoms with Crippen LogP contribution in [-0.4, -0.2) is 31.4 Å². The molecule has 0 saturated heterocycles. The number of hydrogen-bond acceptors (Lipinski definition) is 8. The molecule has 1 aromatic heterocycles. The molecule has 2 heterocycles. The second-order valence-electron chi connectivity index (χ2n) is 9.23. The third kappa shape index (κ3) is 5.67. The first-order valence-electron chi connectivity index (χ1n) is 13.1. The van der Waals surface area contributed by atoms with E-state index in [9.17, 15) is 9.59 Å². The lowest BCUT2D eigenvalue weighted by atomic mass is 9.95. The molecule has 0 bridgehead atoms. The van der Waals surface area contributed by atoms with Crippen molar-refractivity contribution >= 4 is 23.4 Å². The van der Waals surface area contributed by atoms with Gasteiger partial charge in [-0.3, -0.25) is 9.36 Å². The first-order valence-corrected chi connectivity index (χ1v) is 13.9. The van der Waals surface area contributed by atoms with E-state index in [0.717, 1.165) is 11.1 Å². The average Bonchev–Trinajstić information content (AvgIpc) is 3.29. The van der Waals surface area contributed by atoms with E-state index in [1.807, 2.05) is 66.7 Å². The van der Waals surface area contributed by atoms with Crippen molar-refractivity contribution in [1.29, 1.82) is 0 Å². The first kappa shape index (κ1) is 27.9. The van der Waals surface area contributed by atoms with E-state index in [-0.39, 0.29) is 12.2 Å². The minimum atomic E-state index is -0.758. The largest absolute Gasteiger partial charge is 0.496 e. The highest BCUT2D eigenvalue weighted by atomic mass is 32.1. The average molecular weight is 571 g/mol. The predicted molar refractivity (Wildman–Crippen MR) is 157 cm³/mol. The van der Waals surface area contributed by atoms with Crippen LogP contribution in [0.4, 0.5) is 0 Å². The Hall–Kier alpha value is -4.63. The fourth-order valence-corrected chi connectivity index (χ4v) is 5.80. The van der Waals surface area contributed by atoms with Crippen molar-refractivity contribution in [2.75, 3.05) is 20.8 Å². The number of nitrogens with zero attached hydrogens (tertiary/aromatic N) is 2. The number of ether oxygens (including phenoxy) is 4. The summed E-state index contributed by atoms with van der Waals surface area (Å²) in [5, 5.41) is 0. The molecular weight excluding hydrogens is 540 g/mol. The van der Waals surface area contributed by atoms with Crippen molar-refractivity contribution in [2.45, 2.75) is 26.5 Å². The van der Waals surface area contributed by atoms with Gasteiger partial charge in [0.15, 0.2) is 16.3 Å². The summed E-state index contributed by atoms with van der Waals surface area (Å²) in [4.78, 5) is 32.2. The number of carbonyl (C=O) groups is 1. The van der Waals surface area contributed by atoms with Crippen molar-refractivity contribution in [3.05, 3.63) is 120 Å². The smallest absolute Gasteiger partial charge is 0.338 e. The van der Waals surface area contributed by atoms with E-state index >= 15 is 0 Å². The zero-order valence-corrected chi connectivity index (χ0v) is 24.1. The number of benzene rings is 3. The van der Waals surface area contributed by atoms with Gasteiger partial charge in [0, 0.05) is 5.56 Å². The second kappa shape index (κ2) is 12.3. The molecule has 0 amide bonds. The summed E-state index contributed by atoms with van der Waals surface area (Å²) in [6.45, 7) is 4.10. The third-order valence-corrected chi connectivity index (χ3v) is 7.66. The summed E-state index contributed by atoms with van der Waals surface area (Å²) >= 11 is 1.25. The molecule has 0 fully saturated rings. The van der Waals surface area contributed by atoms with Gasteiger partial charge >= 0.3 is 5.97 Å². The Bertz CT molecular complexity index is 1790. The highest BCUT2D eigenvalue weighted by Gasteiger charge is 2.34. The summed E-state index contributed by atoms with van der Waals surface area (Å²) in [7, 11) is 3.14. The van der Waals surface area contributed by atoms with Crippen LogP contribution in [0.3, 0.4) is 0 Å². The molecule has 4 aromatic rings. The molecule has 0 spiro atoms. The van der Waals surface area contributed by atoms with Crippen LogP contribution in [0, 0.1) is 0 Å². The summed E-state index contributed by atoms with van der Waals surface area (Å²) in [6.07, 6.45) is 1.79. The first-order chi connectivity index (χ1) is 19.9. The lowest BCUT2D eigenvalue weighted by molar-refractivity contribution is -0.139. The molecule has 210 valence electrons. The molecule has 0 saturated carbocycles. The van der Waals surface area contributed by atoms with Crippen LogP contribution in [0.15, 0.2) is 93.9 Å². The van der Waals surface area contributed by atoms with Gasteiger partial charge in [-0.05, 0) is 49.2 Å². The number of thiazole rings is 1. The maximum Gasteiger partial charge on any atom is 0.338 e. The van der Waals surface area contributed by atoms with Crippen molar-refractivity contribution in [3.8, 4) is 17.2 Å². The van der Waals surface area contributed by atoms with Crippen molar-refractivity contribution < 1.29 is 23.7 Å². The van der Waals surface area contributed by atoms with E-state index < -0.39 is 12.0 Å². The molecule has 0 N–H and O–H groups in total.